The summed E-state index contributed by atoms with van der Waals surface area (Å²) in [5, 5.41) is 7.29. The van der Waals surface area contributed by atoms with Crippen LogP contribution in [0.1, 0.15) is 31.4 Å². The van der Waals surface area contributed by atoms with Crippen molar-refractivity contribution in [3.05, 3.63) is 18.0 Å². The SMILES string of the molecule is Cn1ccc(CCNC(=O)C2(CN)CCCC2)n1. The zero-order chi connectivity index (χ0) is 13.0. The maximum Gasteiger partial charge on any atom is 0.227 e. The monoisotopic (exact) mass is 250 g/mol. The molecule has 1 aromatic heterocycles. The molecular formula is C13H22N4O. The zero-order valence-electron chi connectivity index (χ0n) is 11.0. The van der Waals surface area contributed by atoms with Gasteiger partial charge >= 0.3 is 0 Å². The number of nitrogens with one attached hydrogen (secondary N) is 1. The molecule has 1 aliphatic carbocycles. The van der Waals surface area contributed by atoms with E-state index in [4.69, 9.17) is 5.73 Å². The number of aromatic nitrogens is 2. The fourth-order valence-corrected chi connectivity index (χ4v) is 2.66. The predicted octanol–water partition coefficient (Wildman–Crippen LogP) is 0.598. The summed E-state index contributed by atoms with van der Waals surface area (Å²) in [6.07, 6.45) is 6.77. The van der Waals surface area contributed by atoms with Crippen molar-refractivity contribution in [2.24, 2.45) is 18.2 Å². The fraction of sp³-hybridized carbons (Fsp3) is 0.692. The van der Waals surface area contributed by atoms with E-state index in [-0.39, 0.29) is 11.3 Å². The number of aryl methyl sites for hydroxylation is 1. The van der Waals surface area contributed by atoms with Gasteiger partial charge in [0.1, 0.15) is 0 Å². The second-order valence-electron chi connectivity index (χ2n) is 5.18. The van der Waals surface area contributed by atoms with E-state index in [9.17, 15) is 4.79 Å². The van der Waals surface area contributed by atoms with Gasteiger partial charge in [-0.25, -0.2) is 0 Å². The van der Waals surface area contributed by atoms with E-state index in [2.05, 4.69) is 10.4 Å². The van der Waals surface area contributed by atoms with Gasteiger partial charge in [-0.3, -0.25) is 9.48 Å². The van der Waals surface area contributed by atoms with Crippen molar-refractivity contribution >= 4 is 5.91 Å². The van der Waals surface area contributed by atoms with Gasteiger partial charge < -0.3 is 11.1 Å². The molecule has 1 aliphatic rings. The minimum Gasteiger partial charge on any atom is -0.355 e. The van der Waals surface area contributed by atoms with E-state index in [1.165, 1.54) is 0 Å². The Hall–Kier alpha value is -1.36. The first-order valence-electron chi connectivity index (χ1n) is 6.63. The molecule has 0 unspecified atom stereocenters. The number of hydrogen-bond donors (Lipinski definition) is 2. The highest BCUT2D eigenvalue weighted by Crippen LogP contribution is 2.37. The topological polar surface area (TPSA) is 72.9 Å². The quantitative estimate of drug-likeness (QED) is 0.803. The Bertz CT molecular complexity index is 407. The summed E-state index contributed by atoms with van der Waals surface area (Å²) in [5.74, 6) is 0.124. The van der Waals surface area contributed by atoms with Crippen LogP contribution in [0, 0.1) is 5.41 Å². The summed E-state index contributed by atoms with van der Waals surface area (Å²) in [6, 6.07) is 1.97. The highest BCUT2D eigenvalue weighted by atomic mass is 16.2. The molecule has 0 saturated heterocycles. The summed E-state index contributed by atoms with van der Waals surface area (Å²) in [6.45, 7) is 1.10. The molecule has 1 amide bonds. The lowest BCUT2D eigenvalue weighted by atomic mass is 9.85. The molecule has 5 nitrogen and oxygen atoms in total. The molecule has 0 atom stereocenters. The van der Waals surface area contributed by atoms with E-state index < -0.39 is 0 Å². The van der Waals surface area contributed by atoms with Crippen LogP contribution in [0.25, 0.3) is 0 Å². The van der Waals surface area contributed by atoms with Gasteiger partial charge in [-0.2, -0.15) is 5.10 Å². The van der Waals surface area contributed by atoms with Crippen molar-refractivity contribution in [3.8, 4) is 0 Å². The first-order valence-corrected chi connectivity index (χ1v) is 6.63. The average Bonchev–Trinajstić information content (AvgIpc) is 2.99. The molecule has 0 aromatic carbocycles. The normalized spacial score (nSPS) is 17.9. The van der Waals surface area contributed by atoms with Crippen LogP contribution in [0.15, 0.2) is 12.3 Å². The molecule has 0 bridgehead atoms. The maximum atomic E-state index is 12.2. The first-order chi connectivity index (χ1) is 8.66. The molecule has 1 aromatic rings. The van der Waals surface area contributed by atoms with Gasteiger partial charge in [0.15, 0.2) is 0 Å². The van der Waals surface area contributed by atoms with Gasteiger partial charge in [0.25, 0.3) is 0 Å². The smallest absolute Gasteiger partial charge is 0.227 e. The zero-order valence-corrected chi connectivity index (χ0v) is 11.0. The second kappa shape index (κ2) is 5.52. The lowest BCUT2D eigenvalue weighted by molar-refractivity contribution is -0.130. The van der Waals surface area contributed by atoms with Gasteiger partial charge in [0.2, 0.25) is 5.91 Å². The van der Waals surface area contributed by atoms with Crippen LogP contribution in [-0.4, -0.2) is 28.8 Å². The Labute approximate surface area is 108 Å². The molecule has 18 heavy (non-hydrogen) atoms. The number of carbonyl (C=O) groups excluding carboxylic acids is 1. The van der Waals surface area contributed by atoms with E-state index >= 15 is 0 Å². The number of amides is 1. The largest absolute Gasteiger partial charge is 0.355 e. The standard InChI is InChI=1S/C13H22N4O/c1-17-9-5-11(16-17)4-8-15-12(18)13(10-14)6-2-3-7-13/h5,9H,2-4,6-8,10,14H2,1H3,(H,15,18). The summed E-state index contributed by atoms with van der Waals surface area (Å²) in [4.78, 5) is 12.2. The van der Waals surface area contributed by atoms with Crippen molar-refractivity contribution in [1.82, 2.24) is 15.1 Å². The van der Waals surface area contributed by atoms with Crippen molar-refractivity contribution in [2.45, 2.75) is 32.1 Å². The predicted molar refractivity (Wildman–Crippen MR) is 69.9 cm³/mol. The Kier molecular flexibility index (Phi) is 4.01. The Balaban J connectivity index is 1.81. The van der Waals surface area contributed by atoms with E-state index in [0.717, 1.165) is 37.8 Å². The molecule has 3 N–H and O–H groups in total. The lowest BCUT2D eigenvalue weighted by Crippen LogP contribution is -2.44. The van der Waals surface area contributed by atoms with Crippen LogP contribution in [0.4, 0.5) is 0 Å². The average molecular weight is 250 g/mol. The van der Waals surface area contributed by atoms with Crippen LogP contribution >= 0.6 is 0 Å². The Morgan fingerprint density at radius 2 is 2.28 bits per heavy atom. The van der Waals surface area contributed by atoms with E-state index in [0.29, 0.717) is 13.1 Å². The summed E-state index contributed by atoms with van der Waals surface area (Å²) >= 11 is 0. The van der Waals surface area contributed by atoms with Gasteiger partial charge in [0, 0.05) is 32.8 Å². The van der Waals surface area contributed by atoms with Crippen molar-refractivity contribution in [2.75, 3.05) is 13.1 Å². The molecule has 100 valence electrons. The third-order valence-corrected chi connectivity index (χ3v) is 3.87. The van der Waals surface area contributed by atoms with Crippen LogP contribution in [0.2, 0.25) is 0 Å². The van der Waals surface area contributed by atoms with Crippen LogP contribution in [0.5, 0.6) is 0 Å². The number of carbonyl (C=O) groups is 1. The molecule has 1 heterocycles. The third kappa shape index (κ3) is 2.72. The number of nitrogens with two attached hydrogens (primary N) is 1. The number of rotatable bonds is 5. The second-order valence-corrected chi connectivity index (χ2v) is 5.18. The summed E-state index contributed by atoms with van der Waals surface area (Å²) < 4.78 is 1.77. The van der Waals surface area contributed by atoms with Crippen LogP contribution in [0.3, 0.4) is 0 Å². The third-order valence-electron chi connectivity index (χ3n) is 3.87. The molecule has 1 saturated carbocycles. The molecule has 0 spiro atoms. The van der Waals surface area contributed by atoms with Crippen LogP contribution in [-0.2, 0) is 18.3 Å². The van der Waals surface area contributed by atoms with Crippen molar-refractivity contribution in [3.63, 3.8) is 0 Å². The molecular weight excluding hydrogens is 228 g/mol. The molecule has 5 heteroatoms. The number of nitrogens with zero attached hydrogens (tertiary/aromatic N) is 2. The van der Waals surface area contributed by atoms with E-state index in [1.807, 2.05) is 19.3 Å². The van der Waals surface area contributed by atoms with Gasteiger partial charge in [-0.05, 0) is 18.9 Å². The van der Waals surface area contributed by atoms with Crippen LogP contribution < -0.4 is 11.1 Å². The Morgan fingerprint density at radius 3 is 2.83 bits per heavy atom. The maximum absolute atomic E-state index is 12.2. The summed E-state index contributed by atoms with van der Waals surface area (Å²) in [5.41, 5.74) is 6.48. The number of hydrogen-bond acceptors (Lipinski definition) is 3. The first kappa shape index (κ1) is 13.1. The Morgan fingerprint density at radius 1 is 1.56 bits per heavy atom. The minimum atomic E-state index is -0.301. The lowest BCUT2D eigenvalue weighted by Gasteiger charge is -2.25. The molecule has 2 rings (SSSR count). The molecule has 0 radical (unpaired) electrons. The highest BCUT2D eigenvalue weighted by Gasteiger charge is 2.39. The fourth-order valence-electron chi connectivity index (χ4n) is 2.66. The van der Waals surface area contributed by atoms with Gasteiger partial charge in [-0.1, -0.05) is 12.8 Å². The summed E-state index contributed by atoms with van der Waals surface area (Å²) in [7, 11) is 1.89. The highest BCUT2D eigenvalue weighted by molar-refractivity contribution is 5.83. The molecule has 1 fully saturated rings. The van der Waals surface area contributed by atoms with Gasteiger partial charge in [0.05, 0.1) is 11.1 Å². The van der Waals surface area contributed by atoms with Crippen molar-refractivity contribution < 1.29 is 4.79 Å². The minimum absolute atomic E-state index is 0.124. The van der Waals surface area contributed by atoms with Crippen molar-refractivity contribution in [1.29, 1.82) is 0 Å². The van der Waals surface area contributed by atoms with E-state index in [1.54, 1.807) is 4.68 Å². The molecule has 0 aliphatic heterocycles. The van der Waals surface area contributed by atoms with Gasteiger partial charge in [-0.15, -0.1) is 0 Å².